The predicted octanol–water partition coefficient (Wildman–Crippen LogP) is 4.18. The fourth-order valence-electron chi connectivity index (χ4n) is 3.78. The Kier molecular flexibility index (Phi) is 9.49. The molecule has 2 aromatic rings. The van der Waals surface area contributed by atoms with Crippen molar-refractivity contribution in [3.05, 3.63) is 65.2 Å². The number of hydrogen-bond acceptors (Lipinski definition) is 4. The number of sulfonamides is 1. The minimum atomic E-state index is -3.51. The van der Waals surface area contributed by atoms with Crippen LogP contribution in [0.4, 0.5) is 5.69 Å². The van der Waals surface area contributed by atoms with E-state index in [1.165, 1.54) is 4.31 Å². The number of nitrogens with one attached hydrogen (secondary N) is 1. The topological polar surface area (TPSA) is 86.8 Å². The summed E-state index contributed by atoms with van der Waals surface area (Å²) in [5.41, 5.74) is 3.19. The fraction of sp³-hybridized carbons (Fsp3) is 0.481. The van der Waals surface area contributed by atoms with Crippen LogP contribution in [0.2, 0.25) is 0 Å². The maximum Gasteiger partial charge on any atom is 0.242 e. The summed E-state index contributed by atoms with van der Waals surface area (Å²) in [5, 5.41) is 2.95. The number of hydrogen-bond donors (Lipinski definition) is 1. The summed E-state index contributed by atoms with van der Waals surface area (Å²) in [6.45, 7) is 11.8. The lowest BCUT2D eigenvalue weighted by Gasteiger charge is -2.32. The molecule has 1 N–H and O–H groups in total. The van der Waals surface area contributed by atoms with Crippen molar-refractivity contribution in [3.63, 3.8) is 0 Å². The van der Waals surface area contributed by atoms with E-state index in [9.17, 15) is 18.0 Å². The molecule has 0 saturated carbocycles. The molecule has 0 aliphatic rings. The van der Waals surface area contributed by atoms with Crippen LogP contribution in [0.3, 0.4) is 0 Å². The average molecular weight is 502 g/mol. The molecule has 0 unspecified atom stereocenters. The Balaban J connectivity index is 2.18. The molecule has 2 aromatic carbocycles. The van der Waals surface area contributed by atoms with Crippen LogP contribution in [0.1, 0.15) is 57.2 Å². The van der Waals surface area contributed by atoms with Crippen LogP contribution in [0.25, 0.3) is 0 Å². The molecule has 0 fully saturated rings. The highest BCUT2D eigenvalue weighted by Gasteiger charge is 2.28. The first kappa shape index (κ1) is 28.4. The summed E-state index contributed by atoms with van der Waals surface area (Å²) in [6, 6.07) is 14.4. The van der Waals surface area contributed by atoms with E-state index < -0.39 is 21.6 Å². The molecule has 0 aliphatic heterocycles. The lowest BCUT2D eigenvalue weighted by Crippen LogP contribution is -2.52. The zero-order chi connectivity index (χ0) is 26.4. The number of aryl methyl sites for hydroxylation is 2. The molecule has 35 heavy (non-hydrogen) atoms. The normalized spacial score (nSPS) is 12.7. The maximum absolute atomic E-state index is 13.3. The van der Waals surface area contributed by atoms with E-state index in [1.807, 2.05) is 71.0 Å². The van der Waals surface area contributed by atoms with E-state index >= 15 is 0 Å². The first-order valence-corrected chi connectivity index (χ1v) is 13.7. The van der Waals surface area contributed by atoms with Gasteiger partial charge in [-0.3, -0.25) is 13.9 Å². The van der Waals surface area contributed by atoms with Gasteiger partial charge in [-0.2, -0.15) is 0 Å². The molecule has 0 radical (unpaired) electrons. The second-order valence-electron chi connectivity index (χ2n) is 10.2. The second kappa shape index (κ2) is 11.7. The van der Waals surface area contributed by atoms with E-state index in [-0.39, 0.29) is 24.8 Å². The summed E-state index contributed by atoms with van der Waals surface area (Å²) < 4.78 is 26.1. The predicted molar refractivity (Wildman–Crippen MR) is 142 cm³/mol. The molecule has 8 heteroatoms. The minimum absolute atomic E-state index is 0.122. The first-order chi connectivity index (χ1) is 16.2. The summed E-state index contributed by atoms with van der Waals surface area (Å²) in [6.07, 6.45) is 1.62. The van der Waals surface area contributed by atoms with Gasteiger partial charge < -0.3 is 10.2 Å². The van der Waals surface area contributed by atoms with Gasteiger partial charge in [0.25, 0.3) is 0 Å². The largest absolute Gasteiger partial charge is 0.350 e. The number of benzene rings is 2. The van der Waals surface area contributed by atoms with Crippen molar-refractivity contribution in [3.8, 4) is 0 Å². The van der Waals surface area contributed by atoms with Gasteiger partial charge in [0.05, 0.1) is 11.9 Å². The van der Waals surface area contributed by atoms with Crippen LogP contribution in [0, 0.1) is 13.8 Å². The minimum Gasteiger partial charge on any atom is -0.350 e. The Bertz CT molecular complexity index is 1120. The molecule has 0 bridgehead atoms. The first-order valence-electron chi connectivity index (χ1n) is 11.9. The molecule has 0 aromatic heterocycles. The van der Waals surface area contributed by atoms with Gasteiger partial charge in [-0.1, -0.05) is 47.5 Å². The zero-order valence-corrected chi connectivity index (χ0v) is 22.8. The van der Waals surface area contributed by atoms with Crippen molar-refractivity contribution in [2.24, 2.45) is 0 Å². The molecular formula is C27H39N3O4S. The van der Waals surface area contributed by atoms with Gasteiger partial charge in [0.2, 0.25) is 21.8 Å². The third kappa shape index (κ3) is 9.02. The quantitative estimate of drug-likeness (QED) is 0.529. The summed E-state index contributed by atoms with van der Waals surface area (Å²) in [7, 11) is -3.51. The number of anilines is 1. The van der Waals surface area contributed by atoms with E-state index in [2.05, 4.69) is 5.32 Å². The van der Waals surface area contributed by atoms with Crippen LogP contribution in [0.15, 0.2) is 48.5 Å². The van der Waals surface area contributed by atoms with Crippen LogP contribution in [-0.2, 0) is 26.2 Å². The van der Waals surface area contributed by atoms with E-state index in [1.54, 1.807) is 24.0 Å². The molecule has 1 atom stereocenters. The van der Waals surface area contributed by atoms with Crippen LogP contribution < -0.4 is 9.62 Å². The third-order valence-electron chi connectivity index (χ3n) is 5.58. The van der Waals surface area contributed by atoms with Crippen molar-refractivity contribution in [1.82, 2.24) is 10.2 Å². The maximum atomic E-state index is 13.3. The monoisotopic (exact) mass is 501 g/mol. The van der Waals surface area contributed by atoms with E-state index in [0.717, 1.165) is 22.9 Å². The van der Waals surface area contributed by atoms with Gasteiger partial charge >= 0.3 is 0 Å². The number of rotatable bonds is 10. The van der Waals surface area contributed by atoms with Crippen molar-refractivity contribution in [2.45, 2.75) is 72.5 Å². The summed E-state index contributed by atoms with van der Waals surface area (Å²) >= 11 is 0. The van der Waals surface area contributed by atoms with Crippen molar-refractivity contribution < 1.29 is 18.0 Å². The highest BCUT2D eigenvalue weighted by atomic mass is 32.2. The lowest BCUT2D eigenvalue weighted by atomic mass is 10.1. The molecule has 7 nitrogen and oxygen atoms in total. The number of carbonyl (C=O) groups is 2. The Morgan fingerprint density at radius 2 is 1.63 bits per heavy atom. The molecule has 2 amide bonds. The van der Waals surface area contributed by atoms with E-state index in [0.29, 0.717) is 18.7 Å². The Hall–Kier alpha value is -2.87. The van der Waals surface area contributed by atoms with Gasteiger partial charge in [0, 0.05) is 25.0 Å². The Labute approximate surface area is 210 Å². The van der Waals surface area contributed by atoms with Crippen molar-refractivity contribution in [1.29, 1.82) is 0 Å². The van der Waals surface area contributed by atoms with Gasteiger partial charge in [-0.05, 0) is 65.7 Å². The zero-order valence-electron chi connectivity index (χ0n) is 22.0. The molecule has 192 valence electrons. The van der Waals surface area contributed by atoms with Crippen molar-refractivity contribution in [2.75, 3.05) is 17.1 Å². The molecule has 0 saturated heterocycles. The summed E-state index contributed by atoms with van der Waals surface area (Å²) in [4.78, 5) is 27.8. The third-order valence-corrected chi connectivity index (χ3v) is 6.77. The number of carbonyl (C=O) groups excluding carboxylic acids is 2. The molecule has 0 aliphatic carbocycles. The Morgan fingerprint density at radius 1 is 1.00 bits per heavy atom. The van der Waals surface area contributed by atoms with Gasteiger partial charge in [-0.25, -0.2) is 8.42 Å². The molecule has 0 heterocycles. The lowest BCUT2D eigenvalue weighted by molar-refractivity contribution is -0.141. The summed E-state index contributed by atoms with van der Waals surface area (Å²) in [5.74, 6) is -0.420. The van der Waals surface area contributed by atoms with Crippen LogP contribution in [0.5, 0.6) is 0 Å². The highest BCUT2D eigenvalue weighted by molar-refractivity contribution is 7.92. The smallest absolute Gasteiger partial charge is 0.242 e. The molecule has 2 rings (SSSR count). The van der Waals surface area contributed by atoms with Gasteiger partial charge in [0.15, 0.2) is 0 Å². The number of nitrogens with zero attached hydrogens (tertiary/aromatic N) is 2. The fourth-order valence-corrected chi connectivity index (χ4v) is 4.74. The van der Waals surface area contributed by atoms with Crippen LogP contribution >= 0.6 is 0 Å². The van der Waals surface area contributed by atoms with Crippen LogP contribution in [-0.4, -0.2) is 49.5 Å². The highest BCUT2D eigenvalue weighted by Crippen LogP contribution is 2.20. The van der Waals surface area contributed by atoms with Gasteiger partial charge in [0.1, 0.15) is 6.04 Å². The molecular weight excluding hydrogens is 462 g/mol. The second-order valence-corrected chi connectivity index (χ2v) is 12.1. The average Bonchev–Trinajstić information content (AvgIpc) is 2.73. The van der Waals surface area contributed by atoms with Crippen molar-refractivity contribution >= 4 is 27.5 Å². The van der Waals surface area contributed by atoms with E-state index in [4.69, 9.17) is 0 Å². The standard InChI is InChI=1S/C27H39N3O4S/c1-20-13-15-24(16-14-20)30(35(7,33)34)17-9-12-25(31)29(19-23-11-8-10-21(2)18-23)22(3)26(32)28-27(4,5)6/h8,10-11,13-16,18,22H,9,12,17,19H2,1-7H3,(H,28,32)/t22-/m0/s1. The molecule has 0 spiro atoms. The van der Waals surface area contributed by atoms with Gasteiger partial charge in [-0.15, -0.1) is 0 Å². The number of amides is 2. The Morgan fingerprint density at radius 3 is 2.17 bits per heavy atom. The SMILES string of the molecule is Cc1ccc(N(CCCC(=O)N(Cc2cccc(C)c2)[C@@H](C)C(=O)NC(C)(C)C)S(C)(=O)=O)cc1.